The Hall–Kier alpha value is 0.510. The minimum Gasteiger partial charge on any atom is -0.731 e. The molecule has 0 aliphatic carbocycles. The fraction of sp³-hybridized carbons (Fsp3) is 0. The summed E-state index contributed by atoms with van der Waals surface area (Å²) in [5, 5.41) is 0.402. The molecule has 72 valence electrons. The third-order valence-corrected chi connectivity index (χ3v) is 2.20. The maximum Gasteiger partial charge on any atom is 1.00 e. The van der Waals surface area contributed by atoms with Gasteiger partial charge in [0.25, 0.3) is 0 Å². The molecule has 0 heterocycles. The number of nitrogens with one attached hydrogen (secondary N) is 1. The van der Waals surface area contributed by atoms with E-state index in [4.69, 9.17) is 23.2 Å². The van der Waals surface area contributed by atoms with E-state index in [0.29, 0.717) is 0 Å². The Morgan fingerprint density at radius 3 is 2.36 bits per heavy atom. The SMILES string of the molecule is O=S(=O)([O-])Nc1cc(Cl)ccc1Cl.[Na+]. The van der Waals surface area contributed by atoms with Crippen LogP contribution < -0.4 is 34.3 Å². The monoisotopic (exact) mass is 263 g/mol. The summed E-state index contributed by atoms with van der Waals surface area (Å²) in [6.45, 7) is 0. The van der Waals surface area contributed by atoms with Crippen molar-refractivity contribution in [3.63, 3.8) is 0 Å². The summed E-state index contributed by atoms with van der Waals surface area (Å²) in [4.78, 5) is 0. The van der Waals surface area contributed by atoms with Crippen LogP contribution in [0.4, 0.5) is 5.69 Å². The fourth-order valence-corrected chi connectivity index (χ4v) is 1.54. The van der Waals surface area contributed by atoms with Gasteiger partial charge in [0.15, 0.2) is 10.3 Å². The molecule has 14 heavy (non-hydrogen) atoms. The zero-order valence-corrected chi connectivity index (χ0v) is 11.4. The molecular formula is C6H4Cl2NNaO3S. The van der Waals surface area contributed by atoms with Crippen LogP contribution in [-0.2, 0) is 10.3 Å². The molecule has 1 aromatic rings. The van der Waals surface area contributed by atoms with Crippen LogP contribution in [0.15, 0.2) is 18.2 Å². The maximum atomic E-state index is 10.3. The van der Waals surface area contributed by atoms with Crippen molar-refractivity contribution < 1.29 is 42.5 Å². The zero-order chi connectivity index (χ0) is 10.1. The number of benzene rings is 1. The van der Waals surface area contributed by atoms with Gasteiger partial charge in [0.05, 0.1) is 10.7 Å². The number of hydrogen-bond donors (Lipinski definition) is 1. The van der Waals surface area contributed by atoms with Crippen LogP contribution in [0.25, 0.3) is 0 Å². The van der Waals surface area contributed by atoms with Gasteiger partial charge in [-0.15, -0.1) is 0 Å². The third kappa shape index (κ3) is 4.84. The van der Waals surface area contributed by atoms with E-state index in [2.05, 4.69) is 0 Å². The van der Waals surface area contributed by atoms with Gasteiger partial charge >= 0.3 is 29.6 Å². The Balaban J connectivity index is 0.00000169. The van der Waals surface area contributed by atoms with Crippen molar-refractivity contribution in [1.82, 2.24) is 0 Å². The van der Waals surface area contributed by atoms with E-state index in [-0.39, 0.29) is 45.3 Å². The van der Waals surface area contributed by atoms with Crippen molar-refractivity contribution in [1.29, 1.82) is 0 Å². The predicted molar refractivity (Wildman–Crippen MR) is 49.8 cm³/mol. The largest absolute Gasteiger partial charge is 1.00 e. The molecule has 0 bridgehead atoms. The average Bonchev–Trinajstić information content (AvgIpc) is 1.94. The van der Waals surface area contributed by atoms with Gasteiger partial charge in [-0.1, -0.05) is 23.2 Å². The van der Waals surface area contributed by atoms with Crippen LogP contribution in [0.1, 0.15) is 0 Å². The molecule has 0 aromatic heterocycles. The van der Waals surface area contributed by atoms with Crippen LogP contribution in [0.3, 0.4) is 0 Å². The fourth-order valence-electron chi connectivity index (χ4n) is 0.710. The van der Waals surface area contributed by atoms with Crippen molar-refractivity contribution in [2.75, 3.05) is 4.72 Å². The van der Waals surface area contributed by atoms with Crippen molar-refractivity contribution in [3.05, 3.63) is 28.2 Å². The topological polar surface area (TPSA) is 69.2 Å². The van der Waals surface area contributed by atoms with E-state index in [9.17, 15) is 13.0 Å². The van der Waals surface area contributed by atoms with Crippen molar-refractivity contribution in [3.8, 4) is 0 Å². The Morgan fingerprint density at radius 1 is 1.29 bits per heavy atom. The van der Waals surface area contributed by atoms with E-state index >= 15 is 0 Å². The summed E-state index contributed by atoms with van der Waals surface area (Å²) in [5.74, 6) is 0. The maximum absolute atomic E-state index is 10.3. The molecule has 0 spiro atoms. The molecule has 0 radical (unpaired) electrons. The molecule has 0 aliphatic rings. The summed E-state index contributed by atoms with van der Waals surface area (Å²) in [7, 11) is -4.56. The van der Waals surface area contributed by atoms with Crippen LogP contribution in [0, 0.1) is 0 Å². The molecule has 8 heteroatoms. The zero-order valence-electron chi connectivity index (χ0n) is 7.12. The van der Waals surface area contributed by atoms with Gasteiger partial charge in [0.1, 0.15) is 0 Å². The van der Waals surface area contributed by atoms with Crippen LogP contribution >= 0.6 is 23.2 Å². The molecular weight excluding hydrogens is 260 g/mol. The molecule has 4 nitrogen and oxygen atoms in total. The second kappa shape index (κ2) is 5.55. The molecule has 1 aromatic carbocycles. The Bertz CT molecular complexity index is 423. The van der Waals surface area contributed by atoms with Gasteiger partial charge in [0.2, 0.25) is 0 Å². The smallest absolute Gasteiger partial charge is 0.731 e. The quantitative estimate of drug-likeness (QED) is 0.543. The molecule has 1 rings (SSSR count). The normalized spacial score (nSPS) is 10.5. The van der Waals surface area contributed by atoms with Gasteiger partial charge in [-0.3, -0.25) is 4.72 Å². The van der Waals surface area contributed by atoms with Gasteiger partial charge in [-0.2, -0.15) is 0 Å². The number of anilines is 1. The van der Waals surface area contributed by atoms with Gasteiger partial charge in [-0.05, 0) is 18.2 Å². The number of hydrogen-bond acceptors (Lipinski definition) is 3. The van der Waals surface area contributed by atoms with Crippen molar-refractivity contribution >= 4 is 39.2 Å². The second-order valence-corrected chi connectivity index (χ2v) is 4.14. The number of halogens is 2. The third-order valence-electron chi connectivity index (χ3n) is 1.16. The second-order valence-electron chi connectivity index (χ2n) is 2.18. The van der Waals surface area contributed by atoms with Gasteiger partial charge in [0, 0.05) is 5.02 Å². The van der Waals surface area contributed by atoms with Gasteiger partial charge in [-0.25, -0.2) is 8.42 Å². The standard InChI is InChI=1S/C6H5Cl2NO3S.Na/c7-4-1-2-5(8)6(3-4)9-13(10,11)12;/h1-3,9H,(H,10,11,12);/q;+1/p-1. The van der Waals surface area contributed by atoms with E-state index < -0.39 is 10.3 Å². The summed E-state index contributed by atoms with van der Waals surface area (Å²) in [5.41, 5.74) is -0.0239. The van der Waals surface area contributed by atoms with Crippen LogP contribution in [0.5, 0.6) is 0 Å². The average molecular weight is 264 g/mol. The van der Waals surface area contributed by atoms with E-state index in [1.165, 1.54) is 18.2 Å². The van der Waals surface area contributed by atoms with Crippen LogP contribution in [0.2, 0.25) is 10.0 Å². The minimum atomic E-state index is -4.56. The van der Waals surface area contributed by atoms with E-state index in [0.717, 1.165) is 0 Å². The summed E-state index contributed by atoms with van der Waals surface area (Å²) in [6, 6.07) is 4.11. The molecule has 0 aliphatic heterocycles. The first kappa shape index (κ1) is 14.5. The number of rotatable bonds is 2. The minimum absolute atomic E-state index is 0. The molecule has 0 saturated heterocycles. The molecule has 0 unspecified atom stereocenters. The van der Waals surface area contributed by atoms with E-state index in [1.807, 2.05) is 0 Å². The molecule has 0 saturated carbocycles. The van der Waals surface area contributed by atoms with Crippen LogP contribution in [-0.4, -0.2) is 13.0 Å². The Morgan fingerprint density at radius 2 is 1.86 bits per heavy atom. The van der Waals surface area contributed by atoms with Gasteiger partial charge < -0.3 is 4.55 Å². The first-order valence-electron chi connectivity index (χ1n) is 3.07. The molecule has 0 amide bonds. The predicted octanol–water partition coefficient (Wildman–Crippen LogP) is -1.13. The molecule has 1 N–H and O–H groups in total. The molecule has 0 atom stereocenters. The summed E-state index contributed by atoms with van der Waals surface area (Å²) in [6.07, 6.45) is 0. The van der Waals surface area contributed by atoms with Crippen molar-refractivity contribution in [2.45, 2.75) is 0 Å². The first-order chi connectivity index (χ1) is 5.88. The Kier molecular flexibility index (Phi) is 5.76. The molecule has 0 fully saturated rings. The summed E-state index contributed by atoms with van der Waals surface area (Å²) >= 11 is 11.1. The van der Waals surface area contributed by atoms with Crippen molar-refractivity contribution in [2.24, 2.45) is 0 Å². The Labute approximate surface area is 114 Å². The summed E-state index contributed by atoms with van der Waals surface area (Å²) < 4.78 is 32.6. The first-order valence-corrected chi connectivity index (χ1v) is 5.23. The van der Waals surface area contributed by atoms with E-state index in [1.54, 1.807) is 4.72 Å².